The standard InChI is InChI=1S/C13H14BrN3O.ClH/c14-11-3-1-10(2-4-11)13-16-12(17-18-13)9-5-7-15-8-6-9;/h1-4,9,15H,5-8H2;1H. The molecule has 3 rings (SSSR count). The van der Waals surface area contributed by atoms with E-state index in [4.69, 9.17) is 4.52 Å². The van der Waals surface area contributed by atoms with Crippen LogP contribution in [0.2, 0.25) is 0 Å². The van der Waals surface area contributed by atoms with Crippen molar-refractivity contribution in [1.82, 2.24) is 15.5 Å². The Morgan fingerprint density at radius 1 is 1.16 bits per heavy atom. The molecular weight excluding hydrogens is 330 g/mol. The first-order valence-corrected chi connectivity index (χ1v) is 6.92. The van der Waals surface area contributed by atoms with Gasteiger partial charge in [-0.3, -0.25) is 0 Å². The largest absolute Gasteiger partial charge is 0.334 e. The van der Waals surface area contributed by atoms with Gasteiger partial charge in [-0.15, -0.1) is 12.4 Å². The van der Waals surface area contributed by atoms with Crippen LogP contribution >= 0.6 is 28.3 Å². The first-order chi connectivity index (χ1) is 8.83. The normalized spacial score (nSPS) is 16.1. The summed E-state index contributed by atoms with van der Waals surface area (Å²) in [6.45, 7) is 2.07. The minimum atomic E-state index is 0. The van der Waals surface area contributed by atoms with Crippen molar-refractivity contribution in [3.8, 4) is 11.5 Å². The summed E-state index contributed by atoms with van der Waals surface area (Å²) in [6.07, 6.45) is 2.17. The second-order valence-corrected chi connectivity index (χ2v) is 5.40. The van der Waals surface area contributed by atoms with Crippen LogP contribution in [-0.2, 0) is 0 Å². The lowest BCUT2D eigenvalue weighted by atomic mass is 9.98. The Balaban J connectivity index is 0.00000133. The predicted molar refractivity (Wildman–Crippen MR) is 79.5 cm³/mol. The van der Waals surface area contributed by atoms with Gasteiger partial charge in [-0.1, -0.05) is 21.1 Å². The Bertz CT molecular complexity index is 523. The van der Waals surface area contributed by atoms with Crippen LogP contribution < -0.4 is 5.32 Å². The molecule has 1 N–H and O–H groups in total. The summed E-state index contributed by atoms with van der Waals surface area (Å²) in [4.78, 5) is 4.51. The highest BCUT2D eigenvalue weighted by Crippen LogP contribution is 2.26. The van der Waals surface area contributed by atoms with E-state index in [0.29, 0.717) is 11.8 Å². The van der Waals surface area contributed by atoms with Crippen molar-refractivity contribution in [1.29, 1.82) is 0 Å². The molecule has 0 spiro atoms. The number of hydrogen-bond donors (Lipinski definition) is 1. The van der Waals surface area contributed by atoms with Gasteiger partial charge in [0.05, 0.1) is 0 Å². The summed E-state index contributed by atoms with van der Waals surface area (Å²) >= 11 is 3.41. The number of halogens is 2. The molecule has 1 fully saturated rings. The maximum atomic E-state index is 5.35. The quantitative estimate of drug-likeness (QED) is 0.907. The highest BCUT2D eigenvalue weighted by atomic mass is 79.9. The molecule has 0 radical (unpaired) electrons. The third-order valence-electron chi connectivity index (χ3n) is 3.24. The molecule has 2 heterocycles. The second kappa shape index (κ2) is 6.50. The Kier molecular flexibility index (Phi) is 4.96. The zero-order chi connectivity index (χ0) is 12.4. The van der Waals surface area contributed by atoms with Crippen LogP contribution in [0.3, 0.4) is 0 Å². The molecule has 0 amide bonds. The number of aromatic nitrogens is 2. The molecule has 0 aliphatic carbocycles. The minimum Gasteiger partial charge on any atom is -0.334 e. The van der Waals surface area contributed by atoms with Gasteiger partial charge in [0, 0.05) is 16.0 Å². The van der Waals surface area contributed by atoms with E-state index in [1.165, 1.54) is 0 Å². The fraction of sp³-hybridized carbons (Fsp3) is 0.385. The average molecular weight is 345 g/mol. The summed E-state index contributed by atoms with van der Waals surface area (Å²) < 4.78 is 6.39. The van der Waals surface area contributed by atoms with Crippen LogP contribution in [0.1, 0.15) is 24.6 Å². The van der Waals surface area contributed by atoms with E-state index in [-0.39, 0.29) is 12.4 Å². The third-order valence-corrected chi connectivity index (χ3v) is 3.77. The summed E-state index contributed by atoms with van der Waals surface area (Å²) in [5.74, 6) is 1.88. The molecule has 0 bridgehead atoms. The molecule has 1 aromatic carbocycles. The topological polar surface area (TPSA) is 51.0 Å². The van der Waals surface area contributed by atoms with Gasteiger partial charge in [0.2, 0.25) is 0 Å². The van der Waals surface area contributed by atoms with E-state index in [2.05, 4.69) is 31.4 Å². The summed E-state index contributed by atoms with van der Waals surface area (Å²) in [5, 5.41) is 7.45. The van der Waals surface area contributed by atoms with E-state index in [9.17, 15) is 0 Å². The zero-order valence-corrected chi connectivity index (χ0v) is 12.7. The van der Waals surface area contributed by atoms with Crippen molar-refractivity contribution in [3.63, 3.8) is 0 Å². The van der Waals surface area contributed by atoms with E-state index in [0.717, 1.165) is 41.8 Å². The Morgan fingerprint density at radius 3 is 2.53 bits per heavy atom. The highest BCUT2D eigenvalue weighted by Gasteiger charge is 2.20. The van der Waals surface area contributed by atoms with Gasteiger partial charge in [-0.25, -0.2) is 0 Å². The maximum absolute atomic E-state index is 5.35. The predicted octanol–water partition coefficient (Wildman–Crippen LogP) is 3.39. The molecule has 1 saturated heterocycles. The van der Waals surface area contributed by atoms with Crippen LogP contribution in [0, 0.1) is 0 Å². The monoisotopic (exact) mass is 343 g/mol. The van der Waals surface area contributed by atoms with E-state index in [1.54, 1.807) is 0 Å². The van der Waals surface area contributed by atoms with Crippen molar-refractivity contribution in [3.05, 3.63) is 34.6 Å². The molecule has 0 saturated carbocycles. The van der Waals surface area contributed by atoms with Crippen molar-refractivity contribution in [2.75, 3.05) is 13.1 Å². The average Bonchev–Trinajstić information content (AvgIpc) is 2.90. The summed E-state index contributed by atoms with van der Waals surface area (Å²) in [6, 6.07) is 7.90. The van der Waals surface area contributed by atoms with Crippen LogP contribution in [0.25, 0.3) is 11.5 Å². The van der Waals surface area contributed by atoms with Gasteiger partial charge >= 0.3 is 0 Å². The molecule has 1 aromatic heterocycles. The number of piperidine rings is 1. The lowest BCUT2D eigenvalue weighted by molar-refractivity contribution is 0.392. The van der Waals surface area contributed by atoms with Crippen LogP contribution in [-0.4, -0.2) is 23.2 Å². The third kappa shape index (κ3) is 3.35. The Hall–Kier alpha value is -0.910. The fourth-order valence-corrected chi connectivity index (χ4v) is 2.45. The first-order valence-electron chi connectivity index (χ1n) is 6.13. The van der Waals surface area contributed by atoms with Gasteiger partial charge in [0.15, 0.2) is 5.82 Å². The van der Waals surface area contributed by atoms with Crippen molar-refractivity contribution < 1.29 is 4.52 Å². The van der Waals surface area contributed by atoms with Crippen LogP contribution in [0.5, 0.6) is 0 Å². The van der Waals surface area contributed by atoms with Gasteiger partial charge in [-0.05, 0) is 50.2 Å². The summed E-state index contributed by atoms with van der Waals surface area (Å²) in [5.41, 5.74) is 0.964. The van der Waals surface area contributed by atoms with Gasteiger partial charge in [0.25, 0.3) is 5.89 Å². The van der Waals surface area contributed by atoms with Crippen LogP contribution in [0.4, 0.5) is 0 Å². The van der Waals surface area contributed by atoms with Crippen molar-refractivity contribution >= 4 is 28.3 Å². The molecule has 4 nitrogen and oxygen atoms in total. The number of nitrogens with one attached hydrogen (secondary N) is 1. The lowest BCUT2D eigenvalue weighted by Gasteiger charge is -2.18. The van der Waals surface area contributed by atoms with E-state index < -0.39 is 0 Å². The van der Waals surface area contributed by atoms with Gasteiger partial charge < -0.3 is 9.84 Å². The zero-order valence-electron chi connectivity index (χ0n) is 10.3. The summed E-state index contributed by atoms with van der Waals surface area (Å²) in [7, 11) is 0. The van der Waals surface area contributed by atoms with Crippen molar-refractivity contribution in [2.24, 2.45) is 0 Å². The van der Waals surface area contributed by atoms with Crippen LogP contribution in [0.15, 0.2) is 33.3 Å². The maximum Gasteiger partial charge on any atom is 0.257 e. The number of rotatable bonds is 2. The van der Waals surface area contributed by atoms with Gasteiger partial charge in [0.1, 0.15) is 0 Å². The van der Waals surface area contributed by atoms with E-state index in [1.807, 2.05) is 24.3 Å². The fourth-order valence-electron chi connectivity index (χ4n) is 2.19. The molecule has 6 heteroatoms. The Morgan fingerprint density at radius 2 is 1.84 bits per heavy atom. The molecular formula is C13H15BrClN3O. The molecule has 19 heavy (non-hydrogen) atoms. The molecule has 1 aliphatic rings. The highest BCUT2D eigenvalue weighted by molar-refractivity contribution is 9.10. The first kappa shape index (κ1) is 14.5. The smallest absolute Gasteiger partial charge is 0.257 e. The SMILES string of the molecule is Brc1ccc(-c2nc(C3CCNCC3)no2)cc1.Cl. The molecule has 102 valence electrons. The molecule has 2 aromatic rings. The van der Waals surface area contributed by atoms with E-state index >= 15 is 0 Å². The van der Waals surface area contributed by atoms with Gasteiger partial charge in [-0.2, -0.15) is 4.98 Å². The number of benzene rings is 1. The molecule has 1 aliphatic heterocycles. The minimum absolute atomic E-state index is 0. The number of hydrogen-bond acceptors (Lipinski definition) is 4. The lowest BCUT2D eigenvalue weighted by Crippen LogP contribution is -2.27. The number of nitrogens with zero attached hydrogens (tertiary/aromatic N) is 2. The second-order valence-electron chi connectivity index (χ2n) is 4.49. The van der Waals surface area contributed by atoms with Crippen molar-refractivity contribution in [2.45, 2.75) is 18.8 Å². The molecule has 0 unspecified atom stereocenters. The molecule has 0 atom stereocenters. The Labute approximate surface area is 126 Å².